The fourth-order valence-electron chi connectivity index (χ4n) is 1.99. The quantitative estimate of drug-likeness (QED) is 0.434. The van der Waals surface area contributed by atoms with Crippen LogP contribution in [0.15, 0.2) is 36.4 Å². The standard InChI is InChI=1S/C18H26/c1-6-14(2)9-7-8-10-16(4)18-12-11-15(3)17(5)13-18/h6,11-13H,4,7-10H2,1-3,5H3/b14-6+. The molecule has 0 N–H and O–H groups in total. The first-order valence-corrected chi connectivity index (χ1v) is 6.91. The Kier molecular flexibility index (Phi) is 5.91. The monoisotopic (exact) mass is 242 g/mol. The van der Waals surface area contributed by atoms with E-state index in [1.54, 1.807) is 0 Å². The Bertz CT molecular complexity index is 435. The summed E-state index contributed by atoms with van der Waals surface area (Å²) < 4.78 is 0. The Morgan fingerprint density at radius 2 is 1.78 bits per heavy atom. The van der Waals surface area contributed by atoms with E-state index in [0.29, 0.717) is 0 Å². The molecular formula is C18H26. The summed E-state index contributed by atoms with van der Waals surface area (Å²) >= 11 is 0. The molecule has 0 saturated heterocycles. The van der Waals surface area contributed by atoms with E-state index in [9.17, 15) is 0 Å². The van der Waals surface area contributed by atoms with Crippen molar-refractivity contribution in [3.63, 3.8) is 0 Å². The Morgan fingerprint density at radius 1 is 1.11 bits per heavy atom. The van der Waals surface area contributed by atoms with Crippen molar-refractivity contribution in [3.8, 4) is 0 Å². The molecule has 0 fully saturated rings. The van der Waals surface area contributed by atoms with Crippen LogP contribution in [0.3, 0.4) is 0 Å². The lowest BCUT2D eigenvalue weighted by Gasteiger charge is -2.08. The highest BCUT2D eigenvalue weighted by Crippen LogP contribution is 2.22. The fourth-order valence-corrected chi connectivity index (χ4v) is 1.99. The molecule has 1 aromatic carbocycles. The summed E-state index contributed by atoms with van der Waals surface area (Å²) in [6.07, 6.45) is 7.03. The number of hydrogen-bond acceptors (Lipinski definition) is 0. The maximum Gasteiger partial charge on any atom is -0.0228 e. The van der Waals surface area contributed by atoms with Gasteiger partial charge in [-0.2, -0.15) is 0 Å². The molecule has 0 amide bonds. The lowest BCUT2D eigenvalue weighted by molar-refractivity contribution is 0.748. The third-order valence-corrected chi connectivity index (χ3v) is 3.71. The zero-order chi connectivity index (χ0) is 13.5. The van der Waals surface area contributed by atoms with Gasteiger partial charge >= 0.3 is 0 Å². The summed E-state index contributed by atoms with van der Waals surface area (Å²) in [5.74, 6) is 0. The summed E-state index contributed by atoms with van der Waals surface area (Å²) in [6, 6.07) is 6.65. The molecule has 0 bridgehead atoms. The van der Waals surface area contributed by atoms with Crippen LogP contribution in [0.4, 0.5) is 0 Å². The van der Waals surface area contributed by atoms with Crippen LogP contribution in [0, 0.1) is 13.8 Å². The van der Waals surface area contributed by atoms with Gasteiger partial charge in [-0.05, 0) is 75.6 Å². The van der Waals surface area contributed by atoms with E-state index in [1.807, 2.05) is 0 Å². The minimum Gasteiger partial charge on any atom is -0.0952 e. The van der Waals surface area contributed by atoms with Gasteiger partial charge in [-0.15, -0.1) is 0 Å². The van der Waals surface area contributed by atoms with Crippen LogP contribution in [-0.2, 0) is 0 Å². The predicted octanol–water partition coefficient (Wildman–Crippen LogP) is 5.84. The Balaban J connectivity index is 2.43. The van der Waals surface area contributed by atoms with Crippen LogP contribution >= 0.6 is 0 Å². The maximum atomic E-state index is 4.22. The molecule has 0 heterocycles. The van der Waals surface area contributed by atoms with Crippen molar-refractivity contribution in [3.05, 3.63) is 53.1 Å². The highest BCUT2D eigenvalue weighted by Gasteiger charge is 2.01. The van der Waals surface area contributed by atoms with Crippen molar-refractivity contribution < 1.29 is 0 Å². The van der Waals surface area contributed by atoms with Crippen molar-refractivity contribution in [2.75, 3.05) is 0 Å². The Hall–Kier alpha value is -1.30. The van der Waals surface area contributed by atoms with Crippen LogP contribution in [0.2, 0.25) is 0 Å². The number of rotatable bonds is 6. The van der Waals surface area contributed by atoms with Crippen molar-refractivity contribution in [1.29, 1.82) is 0 Å². The van der Waals surface area contributed by atoms with Gasteiger partial charge in [0.25, 0.3) is 0 Å². The zero-order valence-electron chi connectivity index (χ0n) is 12.3. The lowest BCUT2D eigenvalue weighted by atomic mass is 9.97. The lowest BCUT2D eigenvalue weighted by Crippen LogP contribution is -1.88. The molecule has 0 unspecified atom stereocenters. The highest BCUT2D eigenvalue weighted by atomic mass is 14.1. The molecule has 0 aliphatic heterocycles. The first-order chi connectivity index (χ1) is 8.54. The second kappa shape index (κ2) is 7.20. The molecule has 0 heteroatoms. The summed E-state index contributed by atoms with van der Waals surface area (Å²) in [6.45, 7) is 12.9. The van der Waals surface area contributed by atoms with Crippen LogP contribution in [0.1, 0.15) is 56.2 Å². The highest BCUT2D eigenvalue weighted by molar-refractivity contribution is 5.64. The normalized spacial score (nSPS) is 11.7. The van der Waals surface area contributed by atoms with E-state index in [2.05, 4.69) is 58.5 Å². The first kappa shape index (κ1) is 14.8. The molecule has 0 spiro atoms. The van der Waals surface area contributed by atoms with Crippen LogP contribution in [0.5, 0.6) is 0 Å². The van der Waals surface area contributed by atoms with Gasteiger partial charge < -0.3 is 0 Å². The summed E-state index contributed by atoms with van der Waals surface area (Å²) in [4.78, 5) is 0. The van der Waals surface area contributed by atoms with Crippen molar-refractivity contribution in [2.24, 2.45) is 0 Å². The summed E-state index contributed by atoms with van der Waals surface area (Å²) in [5.41, 5.74) is 6.79. The van der Waals surface area contributed by atoms with Crippen molar-refractivity contribution in [1.82, 2.24) is 0 Å². The number of aryl methyl sites for hydroxylation is 2. The average molecular weight is 242 g/mol. The van der Waals surface area contributed by atoms with E-state index in [-0.39, 0.29) is 0 Å². The largest absolute Gasteiger partial charge is 0.0952 e. The maximum absolute atomic E-state index is 4.22. The van der Waals surface area contributed by atoms with Gasteiger partial charge in [0, 0.05) is 0 Å². The molecule has 0 aliphatic carbocycles. The van der Waals surface area contributed by atoms with E-state index >= 15 is 0 Å². The van der Waals surface area contributed by atoms with Gasteiger partial charge in [0.05, 0.1) is 0 Å². The van der Waals surface area contributed by atoms with Gasteiger partial charge in [0.1, 0.15) is 0 Å². The van der Waals surface area contributed by atoms with Gasteiger partial charge in [-0.3, -0.25) is 0 Å². The number of benzene rings is 1. The van der Waals surface area contributed by atoms with Gasteiger partial charge in [0.15, 0.2) is 0 Å². The van der Waals surface area contributed by atoms with E-state index in [0.717, 1.165) is 6.42 Å². The molecule has 0 nitrogen and oxygen atoms in total. The van der Waals surface area contributed by atoms with Gasteiger partial charge in [-0.1, -0.05) is 36.4 Å². The average Bonchev–Trinajstić information content (AvgIpc) is 2.37. The summed E-state index contributed by atoms with van der Waals surface area (Å²) in [7, 11) is 0. The molecule has 0 radical (unpaired) electrons. The third-order valence-electron chi connectivity index (χ3n) is 3.71. The predicted molar refractivity (Wildman–Crippen MR) is 82.8 cm³/mol. The van der Waals surface area contributed by atoms with E-state index in [4.69, 9.17) is 0 Å². The smallest absolute Gasteiger partial charge is 0.0228 e. The minimum absolute atomic E-state index is 1.11. The number of allylic oxidation sites excluding steroid dienone is 3. The minimum atomic E-state index is 1.11. The molecule has 0 atom stereocenters. The summed E-state index contributed by atoms with van der Waals surface area (Å²) in [5, 5.41) is 0. The zero-order valence-corrected chi connectivity index (χ0v) is 12.3. The molecule has 18 heavy (non-hydrogen) atoms. The first-order valence-electron chi connectivity index (χ1n) is 6.91. The second-order valence-corrected chi connectivity index (χ2v) is 5.24. The number of unbranched alkanes of at least 4 members (excludes halogenated alkanes) is 1. The van der Waals surface area contributed by atoms with E-state index < -0.39 is 0 Å². The van der Waals surface area contributed by atoms with Crippen LogP contribution in [-0.4, -0.2) is 0 Å². The van der Waals surface area contributed by atoms with Gasteiger partial charge in [0.2, 0.25) is 0 Å². The van der Waals surface area contributed by atoms with Crippen molar-refractivity contribution >= 4 is 5.57 Å². The molecule has 0 saturated carbocycles. The Labute approximate surface area is 112 Å². The molecular weight excluding hydrogens is 216 g/mol. The molecule has 0 aromatic heterocycles. The SMILES string of the molecule is C=C(CCCC/C(C)=C/C)c1ccc(C)c(C)c1. The van der Waals surface area contributed by atoms with Gasteiger partial charge in [-0.25, -0.2) is 0 Å². The van der Waals surface area contributed by atoms with Crippen LogP contribution in [0.25, 0.3) is 5.57 Å². The van der Waals surface area contributed by atoms with E-state index in [1.165, 1.54) is 47.1 Å². The topological polar surface area (TPSA) is 0 Å². The van der Waals surface area contributed by atoms with Crippen molar-refractivity contribution in [2.45, 2.75) is 53.4 Å². The van der Waals surface area contributed by atoms with Crippen LogP contribution < -0.4 is 0 Å². The Morgan fingerprint density at radius 3 is 2.39 bits per heavy atom. The molecule has 1 rings (SSSR count). The second-order valence-electron chi connectivity index (χ2n) is 5.24. The fraction of sp³-hybridized carbons (Fsp3) is 0.444. The molecule has 98 valence electrons. The molecule has 1 aromatic rings. The molecule has 0 aliphatic rings. The third kappa shape index (κ3) is 4.52. The number of hydrogen-bond donors (Lipinski definition) is 0.